The first-order chi connectivity index (χ1) is 12.5. The summed E-state index contributed by atoms with van der Waals surface area (Å²) in [4.78, 5) is 18.9. The predicted molar refractivity (Wildman–Crippen MR) is 102 cm³/mol. The second kappa shape index (κ2) is 8.38. The van der Waals surface area contributed by atoms with Crippen molar-refractivity contribution < 1.29 is 13.9 Å². The smallest absolute Gasteiger partial charge is 0.290 e. The number of amides is 1. The normalized spacial score (nSPS) is 10.9. The van der Waals surface area contributed by atoms with Gasteiger partial charge in [-0.05, 0) is 44.2 Å². The Labute approximate surface area is 161 Å². The molecule has 0 saturated carbocycles. The minimum atomic E-state index is -0.144. The molecule has 7 heteroatoms. The zero-order chi connectivity index (χ0) is 18.5. The molecule has 0 bridgehead atoms. The number of carbonyl (C=O) groups is 1. The molecule has 3 rings (SSSR count). The van der Waals surface area contributed by atoms with Gasteiger partial charge in [-0.25, -0.2) is 4.98 Å². The van der Waals surface area contributed by atoms with Crippen LogP contribution in [-0.4, -0.2) is 21.8 Å². The minimum Gasteiger partial charge on any atom is -0.486 e. The number of carbonyl (C=O) groups excluding carboxylic acids is 1. The predicted octanol–water partition coefficient (Wildman–Crippen LogP) is 5.02. The summed E-state index contributed by atoms with van der Waals surface area (Å²) >= 11 is 7.46. The number of hydrogen-bond donors (Lipinski definition) is 0. The molecule has 0 fully saturated rings. The quantitative estimate of drug-likeness (QED) is 0.568. The average Bonchev–Trinajstić information content (AvgIpc) is 3.29. The van der Waals surface area contributed by atoms with Crippen molar-refractivity contribution in [3.05, 3.63) is 69.5 Å². The van der Waals surface area contributed by atoms with Crippen LogP contribution in [0, 0.1) is 0 Å². The fourth-order valence-corrected chi connectivity index (χ4v) is 3.27. The number of hydrogen-bond acceptors (Lipinski definition) is 5. The van der Waals surface area contributed by atoms with Crippen molar-refractivity contribution in [3.8, 4) is 5.75 Å². The first-order valence-electron chi connectivity index (χ1n) is 8.19. The Balaban J connectivity index is 1.63. The average molecular weight is 391 g/mol. The first-order valence-corrected chi connectivity index (χ1v) is 9.45. The van der Waals surface area contributed by atoms with Crippen LogP contribution in [0.5, 0.6) is 5.75 Å². The number of benzene rings is 1. The Hall–Kier alpha value is -2.31. The van der Waals surface area contributed by atoms with Crippen LogP contribution in [0.25, 0.3) is 0 Å². The second-order valence-electron chi connectivity index (χ2n) is 5.98. The van der Waals surface area contributed by atoms with E-state index in [1.807, 2.05) is 31.4 Å². The monoisotopic (exact) mass is 390 g/mol. The number of halogens is 1. The molecule has 0 unspecified atom stereocenters. The van der Waals surface area contributed by atoms with E-state index in [1.54, 1.807) is 29.2 Å². The van der Waals surface area contributed by atoms with Gasteiger partial charge in [-0.3, -0.25) is 4.79 Å². The van der Waals surface area contributed by atoms with Crippen molar-refractivity contribution in [1.82, 2.24) is 9.88 Å². The molecule has 0 aliphatic rings. The van der Waals surface area contributed by atoms with Crippen molar-refractivity contribution in [2.75, 3.05) is 0 Å². The van der Waals surface area contributed by atoms with E-state index in [2.05, 4.69) is 4.98 Å². The van der Waals surface area contributed by atoms with Gasteiger partial charge in [-0.1, -0.05) is 17.7 Å². The van der Waals surface area contributed by atoms with Gasteiger partial charge in [0.15, 0.2) is 5.76 Å². The summed E-state index contributed by atoms with van der Waals surface area (Å²) in [6.07, 6.45) is 1.50. The Morgan fingerprint density at radius 3 is 2.88 bits per heavy atom. The van der Waals surface area contributed by atoms with Gasteiger partial charge in [-0.15, -0.1) is 11.3 Å². The van der Waals surface area contributed by atoms with Crippen molar-refractivity contribution in [2.24, 2.45) is 0 Å². The molecule has 0 aliphatic heterocycles. The zero-order valence-electron chi connectivity index (χ0n) is 14.5. The van der Waals surface area contributed by atoms with Gasteiger partial charge in [0.05, 0.1) is 18.5 Å². The van der Waals surface area contributed by atoms with Crippen LogP contribution in [0.15, 0.2) is 52.5 Å². The van der Waals surface area contributed by atoms with Crippen LogP contribution in [0.1, 0.15) is 35.1 Å². The minimum absolute atomic E-state index is 0.0282. The Bertz CT molecular complexity index is 861. The van der Waals surface area contributed by atoms with E-state index >= 15 is 0 Å². The third-order valence-electron chi connectivity index (χ3n) is 3.71. The lowest BCUT2D eigenvalue weighted by Gasteiger charge is -2.24. The van der Waals surface area contributed by atoms with Crippen LogP contribution in [-0.2, 0) is 13.2 Å². The molecule has 0 radical (unpaired) electrons. The highest BCUT2D eigenvalue weighted by molar-refractivity contribution is 7.09. The molecule has 2 aromatic heterocycles. The van der Waals surface area contributed by atoms with Crippen molar-refractivity contribution in [3.63, 3.8) is 0 Å². The summed E-state index contributed by atoms with van der Waals surface area (Å²) in [6.45, 7) is 4.72. The molecule has 5 nitrogen and oxygen atoms in total. The summed E-state index contributed by atoms with van der Waals surface area (Å²) in [5, 5.41) is 3.42. The van der Waals surface area contributed by atoms with E-state index in [0.717, 1.165) is 10.7 Å². The van der Waals surface area contributed by atoms with E-state index in [9.17, 15) is 4.79 Å². The van der Waals surface area contributed by atoms with Gasteiger partial charge in [0.2, 0.25) is 0 Å². The summed E-state index contributed by atoms with van der Waals surface area (Å²) in [6, 6.07) is 10.7. The van der Waals surface area contributed by atoms with E-state index < -0.39 is 0 Å². The van der Waals surface area contributed by atoms with Gasteiger partial charge in [-0.2, -0.15) is 0 Å². The number of furan rings is 1. The van der Waals surface area contributed by atoms with E-state index in [4.69, 9.17) is 20.8 Å². The molecular weight excluding hydrogens is 372 g/mol. The van der Waals surface area contributed by atoms with Crippen LogP contribution >= 0.6 is 22.9 Å². The van der Waals surface area contributed by atoms with Gasteiger partial charge in [0.25, 0.3) is 5.91 Å². The van der Waals surface area contributed by atoms with E-state index in [-0.39, 0.29) is 11.9 Å². The van der Waals surface area contributed by atoms with Gasteiger partial charge >= 0.3 is 0 Å². The largest absolute Gasteiger partial charge is 0.486 e. The summed E-state index contributed by atoms with van der Waals surface area (Å²) < 4.78 is 10.9. The maximum absolute atomic E-state index is 12.6. The molecule has 136 valence electrons. The number of aromatic nitrogens is 1. The molecule has 2 heterocycles. The highest BCUT2D eigenvalue weighted by Gasteiger charge is 2.22. The maximum Gasteiger partial charge on any atom is 0.290 e. The standard InChI is InChI=1S/C19H19ClN2O3S/c1-13(2)22(19(23)17-7-4-8-24-17)10-15-12-26-18(21-15)11-25-16-6-3-5-14(20)9-16/h3-9,12-13H,10-11H2,1-2H3. The lowest BCUT2D eigenvalue weighted by atomic mass is 10.2. The van der Waals surface area contributed by atoms with Gasteiger partial charge < -0.3 is 14.1 Å². The van der Waals surface area contributed by atoms with Crippen molar-refractivity contribution in [2.45, 2.75) is 33.0 Å². The Morgan fingerprint density at radius 2 is 2.19 bits per heavy atom. The molecule has 1 aromatic carbocycles. The lowest BCUT2D eigenvalue weighted by Crippen LogP contribution is -2.36. The van der Waals surface area contributed by atoms with Crippen LogP contribution in [0.4, 0.5) is 0 Å². The SMILES string of the molecule is CC(C)N(Cc1csc(COc2cccc(Cl)c2)n1)C(=O)c1ccco1. The lowest BCUT2D eigenvalue weighted by molar-refractivity contribution is 0.0655. The Morgan fingerprint density at radius 1 is 1.35 bits per heavy atom. The molecule has 0 spiro atoms. The first kappa shape index (κ1) is 18.5. The van der Waals surface area contributed by atoms with Crippen LogP contribution in [0.3, 0.4) is 0 Å². The molecule has 1 amide bonds. The highest BCUT2D eigenvalue weighted by Crippen LogP contribution is 2.20. The summed E-state index contributed by atoms with van der Waals surface area (Å²) in [7, 11) is 0. The molecular formula is C19H19ClN2O3S. The number of thiazole rings is 1. The van der Waals surface area contributed by atoms with Gasteiger partial charge in [0.1, 0.15) is 17.4 Å². The van der Waals surface area contributed by atoms with Crippen LogP contribution in [0.2, 0.25) is 5.02 Å². The Kier molecular flexibility index (Phi) is 5.96. The van der Waals surface area contributed by atoms with Crippen molar-refractivity contribution in [1.29, 1.82) is 0 Å². The topological polar surface area (TPSA) is 55.6 Å². The van der Waals surface area contributed by atoms with Gasteiger partial charge in [0, 0.05) is 16.4 Å². The zero-order valence-corrected chi connectivity index (χ0v) is 16.1. The van der Waals surface area contributed by atoms with Crippen molar-refractivity contribution >= 4 is 28.8 Å². The number of nitrogens with zero attached hydrogens (tertiary/aromatic N) is 2. The molecule has 0 aliphatic carbocycles. The molecule has 0 atom stereocenters. The fourth-order valence-electron chi connectivity index (χ4n) is 2.39. The fraction of sp³-hybridized carbons (Fsp3) is 0.263. The summed E-state index contributed by atoms with van der Waals surface area (Å²) in [5.41, 5.74) is 0.827. The molecule has 26 heavy (non-hydrogen) atoms. The maximum atomic E-state index is 12.6. The highest BCUT2D eigenvalue weighted by atomic mass is 35.5. The van der Waals surface area contributed by atoms with E-state index in [0.29, 0.717) is 29.7 Å². The number of ether oxygens (including phenoxy) is 1. The molecule has 0 N–H and O–H groups in total. The third-order valence-corrected chi connectivity index (χ3v) is 4.81. The van der Waals surface area contributed by atoms with E-state index in [1.165, 1.54) is 17.6 Å². The number of rotatable bonds is 7. The molecule has 3 aromatic rings. The van der Waals surface area contributed by atoms with Crippen LogP contribution < -0.4 is 4.74 Å². The third kappa shape index (κ3) is 4.65. The summed E-state index contributed by atoms with van der Waals surface area (Å²) in [5.74, 6) is 0.888. The second-order valence-corrected chi connectivity index (χ2v) is 7.36. The molecule has 0 saturated heterocycles.